The first kappa shape index (κ1) is 23.0. The zero-order valence-electron chi connectivity index (χ0n) is 18.8. The number of carbonyl (C=O) groups is 3. The number of ether oxygens (including phenoxy) is 1. The first-order valence-electron chi connectivity index (χ1n) is 11.1. The quantitative estimate of drug-likeness (QED) is 0.309. The molecule has 0 atom stereocenters. The van der Waals surface area contributed by atoms with Gasteiger partial charge in [0, 0.05) is 23.0 Å². The molecule has 180 valence electrons. The highest BCUT2D eigenvalue weighted by atomic mass is 19.1. The van der Waals surface area contributed by atoms with Crippen molar-refractivity contribution in [1.82, 2.24) is 4.98 Å². The molecule has 0 saturated heterocycles. The molecule has 0 spiro atoms. The van der Waals surface area contributed by atoms with Gasteiger partial charge in [-0.25, -0.2) is 9.18 Å². The summed E-state index contributed by atoms with van der Waals surface area (Å²) in [5.41, 5.74) is 0.384. The number of fused-ring (bicyclic) bond motifs is 1. The molecular formula is C27H20FN3O5. The van der Waals surface area contributed by atoms with Gasteiger partial charge in [-0.1, -0.05) is 0 Å². The van der Waals surface area contributed by atoms with Crippen LogP contribution in [0.4, 0.5) is 15.8 Å². The molecule has 0 bridgehead atoms. The maximum atomic E-state index is 13.1. The smallest absolute Gasteiger partial charge is 0.335 e. The van der Waals surface area contributed by atoms with Crippen molar-refractivity contribution in [1.29, 1.82) is 0 Å². The van der Waals surface area contributed by atoms with E-state index < -0.39 is 29.0 Å². The highest BCUT2D eigenvalue weighted by Crippen LogP contribution is 2.47. The largest absolute Gasteiger partial charge is 0.478 e. The lowest BCUT2D eigenvalue weighted by Gasteiger charge is -2.16. The van der Waals surface area contributed by atoms with Gasteiger partial charge in [0.15, 0.2) is 0 Å². The third kappa shape index (κ3) is 4.58. The number of carboxylic acids is 1. The van der Waals surface area contributed by atoms with Crippen LogP contribution in [0, 0.1) is 11.2 Å². The summed E-state index contributed by atoms with van der Waals surface area (Å²) in [5, 5.41) is 15.3. The summed E-state index contributed by atoms with van der Waals surface area (Å²) in [6.45, 7) is 0. The molecule has 1 aliphatic carbocycles. The molecule has 1 aliphatic rings. The maximum Gasteiger partial charge on any atom is 0.335 e. The third-order valence-corrected chi connectivity index (χ3v) is 6.01. The van der Waals surface area contributed by atoms with Gasteiger partial charge in [0.25, 0.3) is 0 Å². The topological polar surface area (TPSA) is 118 Å². The van der Waals surface area contributed by atoms with Gasteiger partial charge in [-0.05, 0) is 85.6 Å². The van der Waals surface area contributed by atoms with Crippen LogP contribution in [0.5, 0.6) is 11.5 Å². The van der Waals surface area contributed by atoms with Crippen LogP contribution in [0.15, 0.2) is 79.0 Å². The van der Waals surface area contributed by atoms with E-state index in [1.807, 2.05) is 0 Å². The van der Waals surface area contributed by atoms with Gasteiger partial charge in [0.05, 0.1) is 11.1 Å². The molecule has 3 aromatic carbocycles. The molecule has 4 aromatic rings. The molecular weight excluding hydrogens is 465 g/mol. The normalized spacial score (nSPS) is 13.6. The van der Waals surface area contributed by atoms with Crippen molar-refractivity contribution in [2.75, 3.05) is 10.6 Å². The predicted octanol–water partition coefficient (Wildman–Crippen LogP) is 5.22. The number of aromatic nitrogens is 1. The molecule has 36 heavy (non-hydrogen) atoms. The predicted molar refractivity (Wildman–Crippen MR) is 131 cm³/mol. The Hall–Kier alpha value is -4.79. The lowest BCUT2D eigenvalue weighted by Crippen LogP contribution is -2.35. The standard InChI is InChI=1S/C27H20FN3O5/c28-17-2-4-18(5-3-17)30-25(34)27(12-13-27)26(35)31-19-6-8-20(9-7-19)36-23-11-14-29-22-15-16(24(32)33)1-10-21(22)23/h1-11,14-15H,12-13H2,(H,30,34)(H,31,35)(H,32,33). The molecule has 1 heterocycles. The molecule has 9 heteroatoms. The van der Waals surface area contributed by atoms with Crippen LogP contribution in [-0.2, 0) is 9.59 Å². The molecule has 3 N–H and O–H groups in total. The van der Waals surface area contributed by atoms with E-state index in [0.29, 0.717) is 46.6 Å². The minimum atomic E-state index is -1.16. The summed E-state index contributed by atoms with van der Waals surface area (Å²) in [5.74, 6) is -1.29. The van der Waals surface area contributed by atoms with Crippen molar-refractivity contribution < 1.29 is 28.6 Å². The Kier molecular flexibility index (Phi) is 5.81. The first-order valence-corrected chi connectivity index (χ1v) is 11.1. The fourth-order valence-electron chi connectivity index (χ4n) is 3.79. The first-order chi connectivity index (χ1) is 17.3. The highest BCUT2D eigenvalue weighted by Gasteiger charge is 2.56. The number of hydrogen-bond acceptors (Lipinski definition) is 5. The van der Waals surface area contributed by atoms with Crippen molar-refractivity contribution in [2.24, 2.45) is 5.41 Å². The second-order valence-corrected chi connectivity index (χ2v) is 8.47. The van der Waals surface area contributed by atoms with Gasteiger partial charge >= 0.3 is 5.97 Å². The van der Waals surface area contributed by atoms with Gasteiger partial charge in [-0.15, -0.1) is 0 Å². The minimum Gasteiger partial charge on any atom is -0.478 e. The number of benzene rings is 3. The molecule has 1 saturated carbocycles. The number of aromatic carboxylic acids is 1. The zero-order chi connectivity index (χ0) is 25.3. The number of amides is 2. The van der Waals surface area contributed by atoms with Crippen LogP contribution in [0.25, 0.3) is 10.9 Å². The molecule has 2 amide bonds. The Morgan fingerprint density at radius 1 is 0.861 bits per heavy atom. The number of carbonyl (C=O) groups excluding carboxylic acids is 2. The van der Waals surface area contributed by atoms with E-state index in [1.165, 1.54) is 42.6 Å². The van der Waals surface area contributed by atoms with Crippen molar-refractivity contribution >= 4 is 40.1 Å². The Morgan fingerprint density at radius 3 is 2.06 bits per heavy atom. The van der Waals surface area contributed by atoms with Gasteiger partial charge in [0.2, 0.25) is 11.8 Å². The van der Waals surface area contributed by atoms with Crippen LogP contribution in [0.3, 0.4) is 0 Å². The molecule has 0 aliphatic heterocycles. The van der Waals surface area contributed by atoms with E-state index >= 15 is 0 Å². The van der Waals surface area contributed by atoms with Crippen LogP contribution >= 0.6 is 0 Å². The molecule has 0 radical (unpaired) electrons. The van der Waals surface area contributed by atoms with Gasteiger partial charge < -0.3 is 20.5 Å². The number of hydrogen-bond donors (Lipinski definition) is 3. The molecule has 0 unspecified atom stereocenters. The summed E-state index contributed by atoms with van der Waals surface area (Å²) in [7, 11) is 0. The fraction of sp³-hybridized carbons (Fsp3) is 0.111. The van der Waals surface area contributed by atoms with E-state index in [9.17, 15) is 23.9 Å². The number of carboxylic acid groups (broad SMARTS) is 1. The second-order valence-electron chi connectivity index (χ2n) is 8.47. The average Bonchev–Trinajstić information content (AvgIpc) is 3.69. The second kappa shape index (κ2) is 9.10. The van der Waals surface area contributed by atoms with E-state index in [2.05, 4.69) is 15.6 Å². The van der Waals surface area contributed by atoms with Crippen molar-refractivity contribution in [3.63, 3.8) is 0 Å². The Bertz CT molecular complexity index is 1480. The Morgan fingerprint density at radius 2 is 1.47 bits per heavy atom. The number of anilines is 2. The zero-order valence-corrected chi connectivity index (χ0v) is 18.8. The Labute approximate surface area is 204 Å². The van der Waals surface area contributed by atoms with E-state index in [-0.39, 0.29) is 5.56 Å². The number of pyridine rings is 1. The molecule has 1 fully saturated rings. The van der Waals surface area contributed by atoms with Crippen LogP contribution in [0.1, 0.15) is 23.2 Å². The minimum absolute atomic E-state index is 0.132. The average molecular weight is 485 g/mol. The summed E-state index contributed by atoms with van der Waals surface area (Å²) in [6, 6.07) is 18.3. The van der Waals surface area contributed by atoms with Gasteiger partial charge in [0.1, 0.15) is 22.7 Å². The lowest BCUT2D eigenvalue weighted by atomic mass is 10.0. The summed E-state index contributed by atoms with van der Waals surface area (Å²) < 4.78 is 19.0. The summed E-state index contributed by atoms with van der Waals surface area (Å²) >= 11 is 0. The Balaban J connectivity index is 1.25. The SMILES string of the molecule is O=C(O)c1ccc2c(Oc3ccc(NC(=O)C4(C(=O)Nc5ccc(F)cc5)CC4)cc3)ccnc2c1. The van der Waals surface area contributed by atoms with Crippen molar-refractivity contribution in [3.05, 3.63) is 90.4 Å². The number of rotatable bonds is 7. The van der Waals surface area contributed by atoms with Crippen LogP contribution in [-0.4, -0.2) is 27.9 Å². The highest BCUT2D eigenvalue weighted by molar-refractivity contribution is 6.16. The van der Waals surface area contributed by atoms with E-state index in [0.717, 1.165) is 0 Å². The summed E-state index contributed by atoms with van der Waals surface area (Å²) in [6.07, 6.45) is 2.38. The van der Waals surface area contributed by atoms with E-state index in [4.69, 9.17) is 4.74 Å². The van der Waals surface area contributed by atoms with Crippen molar-refractivity contribution in [2.45, 2.75) is 12.8 Å². The molecule has 1 aromatic heterocycles. The van der Waals surface area contributed by atoms with E-state index in [1.54, 1.807) is 36.4 Å². The van der Waals surface area contributed by atoms with Gasteiger partial charge in [-0.2, -0.15) is 0 Å². The van der Waals surface area contributed by atoms with Crippen LogP contribution in [0.2, 0.25) is 0 Å². The molecule has 5 rings (SSSR count). The van der Waals surface area contributed by atoms with Gasteiger partial charge in [-0.3, -0.25) is 14.6 Å². The molecule has 8 nitrogen and oxygen atoms in total. The summed E-state index contributed by atoms with van der Waals surface area (Å²) in [4.78, 5) is 41.0. The number of nitrogens with one attached hydrogen (secondary N) is 2. The van der Waals surface area contributed by atoms with Crippen molar-refractivity contribution in [3.8, 4) is 11.5 Å². The number of nitrogens with zero attached hydrogens (tertiary/aromatic N) is 1. The lowest BCUT2D eigenvalue weighted by molar-refractivity contribution is -0.131. The van der Waals surface area contributed by atoms with Crippen LogP contribution < -0.4 is 15.4 Å². The maximum absolute atomic E-state index is 13.1. The third-order valence-electron chi connectivity index (χ3n) is 6.01. The fourth-order valence-corrected chi connectivity index (χ4v) is 3.79. The number of halogens is 1. The monoisotopic (exact) mass is 485 g/mol.